The van der Waals surface area contributed by atoms with E-state index in [0.717, 1.165) is 23.8 Å². The SMILES string of the molecule is CC1CNCCC1N1CCC2CCCCC2C1. The summed E-state index contributed by atoms with van der Waals surface area (Å²) in [5.74, 6) is 2.97. The van der Waals surface area contributed by atoms with Crippen LogP contribution in [0.5, 0.6) is 0 Å². The zero-order valence-electron chi connectivity index (χ0n) is 11.3. The van der Waals surface area contributed by atoms with Crippen molar-refractivity contribution in [3.8, 4) is 0 Å². The average molecular weight is 236 g/mol. The summed E-state index contributed by atoms with van der Waals surface area (Å²) in [6.45, 7) is 7.70. The molecule has 2 nitrogen and oxygen atoms in total. The van der Waals surface area contributed by atoms with Crippen LogP contribution in [0.15, 0.2) is 0 Å². The van der Waals surface area contributed by atoms with E-state index in [-0.39, 0.29) is 0 Å². The van der Waals surface area contributed by atoms with Crippen LogP contribution >= 0.6 is 0 Å². The fourth-order valence-electron chi connectivity index (χ4n) is 4.47. The molecule has 4 atom stereocenters. The van der Waals surface area contributed by atoms with Crippen LogP contribution in [0.2, 0.25) is 0 Å². The average Bonchev–Trinajstić information content (AvgIpc) is 2.39. The summed E-state index contributed by atoms with van der Waals surface area (Å²) in [5.41, 5.74) is 0. The van der Waals surface area contributed by atoms with Crippen LogP contribution in [-0.2, 0) is 0 Å². The summed E-state index contributed by atoms with van der Waals surface area (Å²) >= 11 is 0. The minimum atomic E-state index is 0.851. The molecule has 0 radical (unpaired) electrons. The largest absolute Gasteiger partial charge is 0.316 e. The van der Waals surface area contributed by atoms with Gasteiger partial charge in [0.1, 0.15) is 0 Å². The molecule has 17 heavy (non-hydrogen) atoms. The number of nitrogens with one attached hydrogen (secondary N) is 1. The van der Waals surface area contributed by atoms with Gasteiger partial charge in [-0.05, 0) is 56.7 Å². The van der Waals surface area contributed by atoms with Gasteiger partial charge in [0.15, 0.2) is 0 Å². The lowest BCUT2D eigenvalue weighted by Gasteiger charge is -2.47. The predicted octanol–water partition coefficient (Wildman–Crippen LogP) is 2.50. The first kappa shape index (κ1) is 12.0. The van der Waals surface area contributed by atoms with Gasteiger partial charge in [0.05, 0.1) is 0 Å². The number of nitrogens with zero attached hydrogens (tertiary/aromatic N) is 1. The predicted molar refractivity (Wildman–Crippen MR) is 72.1 cm³/mol. The lowest BCUT2D eigenvalue weighted by atomic mass is 9.74. The number of rotatable bonds is 1. The van der Waals surface area contributed by atoms with Gasteiger partial charge >= 0.3 is 0 Å². The van der Waals surface area contributed by atoms with Gasteiger partial charge < -0.3 is 5.32 Å². The third-order valence-corrected chi connectivity index (χ3v) is 5.53. The number of fused-ring (bicyclic) bond motifs is 1. The maximum absolute atomic E-state index is 3.53. The third kappa shape index (κ3) is 2.53. The second kappa shape index (κ2) is 5.27. The molecule has 3 aliphatic rings. The van der Waals surface area contributed by atoms with Gasteiger partial charge in [-0.2, -0.15) is 0 Å². The van der Waals surface area contributed by atoms with E-state index in [0.29, 0.717) is 0 Å². The molecular formula is C15H28N2. The molecule has 0 amide bonds. The van der Waals surface area contributed by atoms with Gasteiger partial charge in [-0.15, -0.1) is 0 Å². The summed E-state index contributed by atoms with van der Waals surface area (Å²) in [5, 5.41) is 3.53. The molecule has 3 rings (SSSR count). The Morgan fingerprint density at radius 1 is 1.00 bits per heavy atom. The zero-order valence-corrected chi connectivity index (χ0v) is 11.3. The van der Waals surface area contributed by atoms with Crippen LogP contribution in [0.3, 0.4) is 0 Å². The molecule has 0 aromatic heterocycles. The normalized spacial score (nSPS) is 44.3. The Morgan fingerprint density at radius 3 is 2.65 bits per heavy atom. The highest BCUT2D eigenvalue weighted by Crippen LogP contribution is 2.37. The van der Waals surface area contributed by atoms with E-state index < -0.39 is 0 Å². The Bertz CT molecular complexity index is 253. The van der Waals surface area contributed by atoms with Crippen molar-refractivity contribution < 1.29 is 0 Å². The molecule has 2 aliphatic heterocycles. The van der Waals surface area contributed by atoms with Crippen molar-refractivity contribution in [1.82, 2.24) is 10.2 Å². The van der Waals surface area contributed by atoms with E-state index >= 15 is 0 Å². The highest BCUT2D eigenvalue weighted by molar-refractivity contribution is 4.90. The molecule has 4 unspecified atom stereocenters. The Hall–Kier alpha value is -0.0800. The smallest absolute Gasteiger partial charge is 0.0145 e. The third-order valence-electron chi connectivity index (χ3n) is 5.53. The topological polar surface area (TPSA) is 15.3 Å². The fraction of sp³-hybridized carbons (Fsp3) is 1.00. The molecule has 1 saturated carbocycles. The molecule has 3 fully saturated rings. The Morgan fingerprint density at radius 2 is 1.82 bits per heavy atom. The van der Waals surface area contributed by atoms with E-state index in [9.17, 15) is 0 Å². The lowest BCUT2D eigenvalue weighted by molar-refractivity contribution is 0.0287. The Balaban J connectivity index is 1.60. The standard InChI is InChI=1S/C15H28N2/c1-12-10-16-8-6-15(12)17-9-7-13-4-2-3-5-14(13)11-17/h12-16H,2-11H2,1H3. The summed E-state index contributed by atoms with van der Waals surface area (Å²) in [6.07, 6.45) is 8.91. The van der Waals surface area contributed by atoms with E-state index in [2.05, 4.69) is 17.1 Å². The van der Waals surface area contributed by atoms with Crippen molar-refractivity contribution in [2.75, 3.05) is 26.2 Å². The summed E-state index contributed by atoms with van der Waals surface area (Å²) in [6, 6.07) is 0.874. The molecular weight excluding hydrogens is 208 g/mol. The maximum atomic E-state index is 3.53. The molecule has 1 aliphatic carbocycles. The summed E-state index contributed by atoms with van der Waals surface area (Å²) < 4.78 is 0. The van der Waals surface area contributed by atoms with Crippen molar-refractivity contribution >= 4 is 0 Å². The van der Waals surface area contributed by atoms with E-state index in [1.54, 1.807) is 0 Å². The van der Waals surface area contributed by atoms with Crippen molar-refractivity contribution in [2.24, 2.45) is 17.8 Å². The number of hydrogen-bond acceptors (Lipinski definition) is 2. The summed E-state index contributed by atoms with van der Waals surface area (Å²) in [4.78, 5) is 2.85. The van der Waals surface area contributed by atoms with E-state index in [1.807, 2.05) is 0 Å². The van der Waals surface area contributed by atoms with Gasteiger partial charge in [-0.3, -0.25) is 4.90 Å². The van der Waals surface area contributed by atoms with Gasteiger partial charge in [-0.25, -0.2) is 0 Å². The minimum absolute atomic E-state index is 0.851. The number of piperidine rings is 2. The second-order valence-corrected chi connectivity index (χ2v) is 6.63. The van der Waals surface area contributed by atoms with Gasteiger partial charge in [0.2, 0.25) is 0 Å². The highest BCUT2D eigenvalue weighted by atomic mass is 15.2. The van der Waals surface area contributed by atoms with Crippen LogP contribution in [0.4, 0.5) is 0 Å². The van der Waals surface area contributed by atoms with Crippen molar-refractivity contribution in [1.29, 1.82) is 0 Å². The van der Waals surface area contributed by atoms with E-state index in [4.69, 9.17) is 0 Å². The lowest BCUT2D eigenvalue weighted by Crippen LogP contribution is -2.53. The number of hydrogen-bond donors (Lipinski definition) is 1. The molecule has 0 spiro atoms. The van der Waals surface area contributed by atoms with Gasteiger partial charge in [0, 0.05) is 12.6 Å². The van der Waals surface area contributed by atoms with Crippen LogP contribution in [0.1, 0.15) is 45.4 Å². The highest BCUT2D eigenvalue weighted by Gasteiger charge is 2.35. The molecule has 98 valence electrons. The first-order chi connectivity index (χ1) is 8.34. The van der Waals surface area contributed by atoms with Crippen LogP contribution in [0.25, 0.3) is 0 Å². The number of likely N-dealkylation sites (tertiary alicyclic amines) is 1. The Kier molecular flexibility index (Phi) is 3.72. The zero-order chi connectivity index (χ0) is 11.7. The van der Waals surface area contributed by atoms with Crippen LogP contribution in [0, 0.1) is 17.8 Å². The Labute approximate surface area is 106 Å². The van der Waals surface area contributed by atoms with Gasteiger partial charge in [0.25, 0.3) is 0 Å². The first-order valence-corrected chi connectivity index (χ1v) is 7.79. The molecule has 2 heteroatoms. The van der Waals surface area contributed by atoms with E-state index in [1.165, 1.54) is 64.7 Å². The molecule has 0 aromatic rings. The first-order valence-electron chi connectivity index (χ1n) is 7.79. The minimum Gasteiger partial charge on any atom is -0.316 e. The second-order valence-electron chi connectivity index (χ2n) is 6.63. The molecule has 0 aromatic carbocycles. The van der Waals surface area contributed by atoms with Crippen molar-refractivity contribution in [2.45, 2.75) is 51.5 Å². The van der Waals surface area contributed by atoms with Crippen molar-refractivity contribution in [3.05, 3.63) is 0 Å². The molecule has 1 N–H and O–H groups in total. The van der Waals surface area contributed by atoms with Crippen LogP contribution in [-0.4, -0.2) is 37.1 Å². The van der Waals surface area contributed by atoms with Crippen molar-refractivity contribution in [3.63, 3.8) is 0 Å². The molecule has 2 heterocycles. The molecule has 2 saturated heterocycles. The van der Waals surface area contributed by atoms with Crippen LogP contribution < -0.4 is 5.32 Å². The molecule has 0 bridgehead atoms. The fourth-order valence-corrected chi connectivity index (χ4v) is 4.47. The quantitative estimate of drug-likeness (QED) is 0.752. The maximum Gasteiger partial charge on any atom is 0.0145 e. The van der Waals surface area contributed by atoms with Gasteiger partial charge in [-0.1, -0.05) is 26.2 Å². The summed E-state index contributed by atoms with van der Waals surface area (Å²) in [7, 11) is 0. The monoisotopic (exact) mass is 236 g/mol.